The van der Waals surface area contributed by atoms with E-state index in [-0.39, 0.29) is 28.7 Å². The van der Waals surface area contributed by atoms with E-state index in [1.54, 1.807) is 48.7 Å². The smallest absolute Gasteiger partial charge is 0.303 e. The van der Waals surface area contributed by atoms with Crippen molar-refractivity contribution in [3.05, 3.63) is 74.5 Å². The summed E-state index contributed by atoms with van der Waals surface area (Å²) in [7, 11) is 0. The Bertz CT molecular complexity index is 1410. The molecule has 0 atom stereocenters. The zero-order valence-corrected chi connectivity index (χ0v) is 20.7. The first-order chi connectivity index (χ1) is 16.8. The predicted molar refractivity (Wildman–Crippen MR) is 139 cm³/mol. The van der Waals surface area contributed by atoms with E-state index in [0.29, 0.717) is 46.5 Å². The van der Waals surface area contributed by atoms with Crippen LogP contribution in [-0.2, 0) is 9.59 Å². The van der Waals surface area contributed by atoms with Crippen molar-refractivity contribution in [2.24, 2.45) is 0 Å². The molecule has 2 aromatic heterocycles. The Morgan fingerprint density at radius 3 is 2.69 bits per heavy atom. The standard InChI is InChI=1S/C24H20ClN3O5S2/c25-16-8-3-4-9-17(16)33-21-15(22(31)27-12-7-5-10-19(27)26-21)14-18-23(32)28(24(34)35-18)13-6-1-2-11-20(29)30/h3-5,7-10,12,14H,1-2,6,11,13H2,(H,29,30)/b18-14+. The summed E-state index contributed by atoms with van der Waals surface area (Å²) in [5.41, 5.74) is 0.0674. The van der Waals surface area contributed by atoms with Gasteiger partial charge in [0.15, 0.2) is 0 Å². The lowest BCUT2D eigenvalue weighted by Crippen LogP contribution is -2.29. The second kappa shape index (κ2) is 11.0. The number of unbranched alkanes of at least 4 members (excludes halogenated alkanes) is 2. The summed E-state index contributed by atoms with van der Waals surface area (Å²) in [4.78, 5) is 43.3. The highest BCUT2D eigenvalue weighted by Gasteiger charge is 2.32. The zero-order chi connectivity index (χ0) is 24.9. The number of carbonyl (C=O) groups is 2. The summed E-state index contributed by atoms with van der Waals surface area (Å²) >= 11 is 12.7. The Morgan fingerprint density at radius 2 is 1.91 bits per heavy atom. The van der Waals surface area contributed by atoms with Gasteiger partial charge in [-0.1, -0.05) is 60.2 Å². The van der Waals surface area contributed by atoms with Crippen LogP contribution < -0.4 is 10.3 Å². The van der Waals surface area contributed by atoms with E-state index in [4.69, 9.17) is 33.7 Å². The molecule has 1 aromatic carbocycles. The third kappa shape index (κ3) is 5.72. The largest absolute Gasteiger partial charge is 0.481 e. The van der Waals surface area contributed by atoms with Crippen molar-refractivity contribution in [3.8, 4) is 11.6 Å². The minimum Gasteiger partial charge on any atom is -0.481 e. The molecule has 3 aromatic rings. The predicted octanol–water partition coefficient (Wildman–Crippen LogP) is 4.99. The average molecular weight is 530 g/mol. The molecule has 1 aliphatic rings. The van der Waals surface area contributed by atoms with Crippen molar-refractivity contribution >= 4 is 63.5 Å². The van der Waals surface area contributed by atoms with Crippen molar-refractivity contribution in [2.45, 2.75) is 25.7 Å². The molecule has 4 rings (SSSR count). The maximum Gasteiger partial charge on any atom is 0.303 e. The lowest BCUT2D eigenvalue weighted by atomic mass is 10.2. The Kier molecular flexibility index (Phi) is 7.84. The number of amides is 1. The number of benzene rings is 1. The maximum absolute atomic E-state index is 13.3. The number of halogens is 1. The summed E-state index contributed by atoms with van der Waals surface area (Å²) in [6, 6.07) is 12.0. The number of fused-ring (bicyclic) bond motifs is 1. The van der Waals surface area contributed by atoms with E-state index in [0.717, 1.165) is 11.8 Å². The number of carboxylic acids is 1. The van der Waals surface area contributed by atoms with Gasteiger partial charge in [0.1, 0.15) is 21.3 Å². The van der Waals surface area contributed by atoms with Crippen molar-refractivity contribution in [1.29, 1.82) is 0 Å². The van der Waals surface area contributed by atoms with Gasteiger partial charge in [0.05, 0.1) is 9.93 Å². The SMILES string of the molecule is O=C(O)CCCCCN1C(=O)/C(=C\c2c(Oc3ccccc3Cl)nc3ccccn3c2=O)SC1=S. The van der Waals surface area contributed by atoms with Gasteiger partial charge in [-0.25, -0.2) is 0 Å². The first-order valence-electron chi connectivity index (χ1n) is 10.8. The van der Waals surface area contributed by atoms with Crippen molar-refractivity contribution in [3.63, 3.8) is 0 Å². The molecule has 1 amide bonds. The fraction of sp³-hybridized carbons (Fsp3) is 0.208. The minimum atomic E-state index is -0.844. The first kappa shape index (κ1) is 24.9. The van der Waals surface area contributed by atoms with E-state index >= 15 is 0 Å². The number of aliphatic carboxylic acids is 1. The van der Waals surface area contributed by atoms with Gasteiger partial charge in [0.2, 0.25) is 5.88 Å². The number of ether oxygens (including phenoxy) is 1. The zero-order valence-electron chi connectivity index (χ0n) is 18.3. The minimum absolute atomic E-state index is 0.0215. The van der Waals surface area contributed by atoms with Gasteiger partial charge in [-0.05, 0) is 43.2 Å². The number of carboxylic acid groups (broad SMARTS) is 1. The summed E-state index contributed by atoms with van der Waals surface area (Å²) in [5.74, 6) is -0.818. The van der Waals surface area contributed by atoms with Crippen LogP contribution in [0.2, 0.25) is 5.02 Å². The van der Waals surface area contributed by atoms with Gasteiger partial charge >= 0.3 is 5.97 Å². The highest BCUT2D eigenvalue weighted by Crippen LogP contribution is 2.35. The van der Waals surface area contributed by atoms with Gasteiger partial charge in [-0.2, -0.15) is 4.98 Å². The molecule has 1 saturated heterocycles. The number of carbonyl (C=O) groups excluding carboxylic acids is 1. The van der Waals surface area contributed by atoms with Crippen LogP contribution in [0.25, 0.3) is 11.7 Å². The van der Waals surface area contributed by atoms with Gasteiger partial charge in [0, 0.05) is 19.2 Å². The number of hydrogen-bond acceptors (Lipinski definition) is 7. The summed E-state index contributed by atoms with van der Waals surface area (Å²) < 4.78 is 7.67. The highest BCUT2D eigenvalue weighted by atomic mass is 35.5. The third-order valence-corrected chi connectivity index (χ3v) is 6.89. The third-order valence-electron chi connectivity index (χ3n) is 5.20. The molecule has 3 heterocycles. The number of pyridine rings is 1. The summed E-state index contributed by atoms with van der Waals surface area (Å²) in [6.45, 7) is 0.375. The van der Waals surface area contributed by atoms with Crippen LogP contribution in [0, 0.1) is 0 Å². The second-order valence-corrected chi connectivity index (χ2v) is 9.72. The van der Waals surface area contributed by atoms with Crippen molar-refractivity contribution in [2.75, 3.05) is 6.54 Å². The normalized spacial score (nSPS) is 14.8. The molecule has 0 unspecified atom stereocenters. The van der Waals surface area contributed by atoms with E-state index in [2.05, 4.69) is 4.98 Å². The van der Waals surface area contributed by atoms with Crippen molar-refractivity contribution < 1.29 is 19.4 Å². The van der Waals surface area contributed by atoms with E-state index in [1.807, 2.05) is 0 Å². The molecule has 0 aliphatic carbocycles. The molecule has 1 aliphatic heterocycles. The molecule has 0 bridgehead atoms. The molecule has 0 spiro atoms. The van der Waals surface area contributed by atoms with Gasteiger partial charge in [-0.15, -0.1) is 0 Å². The topological polar surface area (TPSA) is 101 Å². The number of nitrogens with zero attached hydrogens (tertiary/aromatic N) is 3. The van der Waals surface area contributed by atoms with E-state index in [9.17, 15) is 14.4 Å². The van der Waals surface area contributed by atoms with E-state index < -0.39 is 11.5 Å². The van der Waals surface area contributed by atoms with Crippen molar-refractivity contribution in [1.82, 2.24) is 14.3 Å². The second-order valence-electron chi connectivity index (χ2n) is 7.63. The van der Waals surface area contributed by atoms with Gasteiger partial charge < -0.3 is 9.84 Å². The monoisotopic (exact) mass is 529 g/mol. The van der Waals surface area contributed by atoms with Crippen LogP contribution in [0.15, 0.2) is 58.4 Å². The van der Waals surface area contributed by atoms with Gasteiger partial charge in [0.25, 0.3) is 11.5 Å². The number of rotatable bonds is 9. The quantitative estimate of drug-likeness (QED) is 0.235. The Morgan fingerprint density at radius 1 is 1.14 bits per heavy atom. The van der Waals surface area contributed by atoms with Crippen LogP contribution in [0.4, 0.5) is 0 Å². The molecular weight excluding hydrogens is 510 g/mol. The van der Waals surface area contributed by atoms with Crippen LogP contribution >= 0.6 is 35.6 Å². The maximum atomic E-state index is 13.3. The van der Waals surface area contributed by atoms with Crippen LogP contribution in [0.1, 0.15) is 31.2 Å². The number of para-hydroxylation sites is 1. The van der Waals surface area contributed by atoms with Gasteiger partial charge in [-0.3, -0.25) is 23.7 Å². The van der Waals surface area contributed by atoms with Crippen LogP contribution in [0.5, 0.6) is 11.6 Å². The Hall–Kier alpha value is -3.21. The molecule has 180 valence electrons. The molecule has 0 radical (unpaired) electrons. The summed E-state index contributed by atoms with van der Waals surface area (Å²) in [5, 5.41) is 9.11. The van der Waals surface area contributed by atoms with E-state index in [1.165, 1.54) is 15.4 Å². The number of thiocarbonyl (C=S) groups is 1. The number of hydrogen-bond donors (Lipinski definition) is 1. The average Bonchev–Trinajstić information content (AvgIpc) is 3.10. The first-order valence-corrected chi connectivity index (χ1v) is 12.4. The molecule has 35 heavy (non-hydrogen) atoms. The summed E-state index contributed by atoms with van der Waals surface area (Å²) in [6.07, 6.45) is 4.93. The molecule has 1 fully saturated rings. The fourth-order valence-corrected chi connectivity index (χ4v) is 4.93. The highest BCUT2D eigenvalue weighted by molar-refractivity contribution is 8.26. The molecule has 8 nitrogen and oxygen atoms in total. The Balaban J connectivity index is 1.65. The molecular formula is C24H20ClN3O5S2. The molecule has 1 N–H and O–H groups in total. The van der Waals surface area contributed by atoms with Crippen LogP contribution in [0.3, 0.4) is 0 Å². The lowest BCUT2D eigenvalue weighted by molar-refractivity contribution is -0.137. The molecule has 0 saturated carbocycles. The number of aromatic nitrogens is 2. The number of thioether (sulfide) groups is 1. The Labute approximate surface area is 215 Å². The molecule has 11 heteroatoms. The lowest BCUT2D eigenvalue weighted by Gasteiger charge is -2.14. The fourth-order valence-electron chi connectivity index (χ4n) is 3.46. The van der Waals surface area contributed by atoms with Crippen LogP contribution in [-0.4, -0.2) is 42.1 Å².